The zero-order chi connectivity index (χ0) is 20.7. The van der Waals surface area contributed by atoms with Crippen LogP contribution in [0.1, 0.15) is 11.1 Å². The number of amides is 2. The first-order chi connectivity index (χ1) is 14.6. The molecule has 0 radical (unpaired) electrons. The van der Waals surface area contributed by atoms with Crippen molar-refractivity contribution in [1.82, 2.24) is 14.5 Å². The van der Waals surface area contributed by atoms with Crippen molar-refractivity contribution in [1.29, 1.82) is 0 Å². The molecular formula is C22H18N4O3S. The molecule has 2 aliphatic heterocycles. The lowest BCUT2D eigenvalue weighted by Gasteiger charge is -2.17. The molecule has 0 spiro atoms. The molecule has 1 aromatic heterocycles. The van der Waals surface area contributed by atoms with E-state index in [9.17, 15) is 13.8 Å². The Balaban J connectivity index is 1.30. The molecule has 0 saturated heterocycles. The van der Waals surface area contributed by atoms with E-state index in [1.807, 2.05) is 47.4 Å². The van der Waals surface area contributed by atoms with E-state index >= 15 is 0 Å². The molecule has 0 aliphatic carbocycles. The average molecular weight is 418 g/mol. The van der Waals surface area contributed by atoms with E-state index in [0.717, 1.165) is 35.3 Å². The summed E-state index contributed by atoms with van der Waals surface area (Å²) >= 11 is 0. The van der Waals surface area contributed by atoms with Crippen LogP contribution in [-0.2, 0) is 33.4 Å². The standard InChI is InChI=1S/C22H18N4O3S/c27-20-12-22(30(29)24-20)26-14-18(13-23-26)16-7-5-15(6-8-16)11-21(28)25-10-9-17-3-1-2-4-19(17)25/h1-8,12-14H,9-11H2,(H,24,27). The summed E-state index contributed by atoms with van der Waals surface area (Å²) in [5.41, 5.74) is 4.92. The second kappa shape index (κ2) is 7.38. The predicted molar refractivity (Wildman–Crippen MR) is 114 cm³/mol. The predicted octanol–water partition coefficient (Wildman–Crippen LogP) is 2.27. The van der Waals surface area contributed by atoms with Gasteiger partial charge in [-0.3, -0.25) is 14.3 Å². The van der Waals surface area contributed by atoms with E-state index in [0.29, 0.717) is 11.4 Å². The van der Waals surface area contributed by atoms with Crippen LogP contribution < -0.4 is 9.62 Å². The molecule has 1 N–H and O–H groups in total. The minimum absolute atomic E-state index is 0.0911. The average Bonchev–Trinajstić information content (AvgIpc) is 3.46. The molecule has 1 atom stereocenters. The normalized spacial score (nSPS) is 17.6. The molecule has 150 valence electrons. The third kappa shape index (κ3) is 3.35. The van der Waals surface area contributed by atoms with Gasteiger partial charge in [0, 0.05) is 30.1 Å². The number of rotatable bonds is 4. The number of hydrogen-bond donors (Lipinski definition) is 1. The summed E-state index contributed by atoms with van der Waals surface area (Å²) in [6.45, 7) is 0.726. The van der Waals surface area contributed by atoms with Gasteiger partial charge in [-0.05, 0) is 29.2 Å². The van der Waals surface area contributed by atoms with E-state index in [1.165, 1.54) is 16.3 Å². The molecule has 2 amide bonds. The van der Waals surface area contributed by atoms with Crippen molar-refractivity contribution in [3.05, 3.63) is 78.1 Å². The monoisotopic (exact) mass is 418 g/mol. The van der Waals surface area contributed by atoms with Crippen molar-refractivity contribution < 1.29 is 13.8 Å². The van der Waals surface area contributed by atoms with E-state index < -0.39 is 16.9 Å². The van der Waals surface area contributed by atoms with Crippen molar-refractivity contribution in [2.24, 2.45) is 0 Å². The van der Waals surface area contributed by atoms with Gasteiger partial charge in [0.05, 0.1) is 12.6 Å². The van der Waals surface area contributed by atoms with Gasteiger partial charge >= 0.3 is 0 Å². The quantitative estimate of drug-likeness (QED) is 0.705. The molecule has 7 nitrogen and oxygen atoms in total. The lowest BCUT2D eigenvalue weighted by Crippen LogP contribution is -2.30. The molecule has 0 saturated carbocycles. The fourth-order valence-electron chi connectivity index (χ4n) is 3.76. The Morgan fingerprint density at radius 1 is 1.10 bits per heavy atom. The number of benzene rings is 2. The van der Waals surface area contributed by atoms with Crippen LogP contribution >= 0.6 is 0 Å². The zero-order valence-electron chi connectivity index (χ0n) is 15.9. The van der Waals surface area contributed by atoms with Gasteiger partial charge in [-0.15, -0.1) is 0 Å². The van der Waals surface area contributed by atoms with Crippen LogP contribution in [0, 0.1) is 0 Å². The molecule has 3 aromatic rings. The summed E-state index contributed by atoms with van der Waals surface area (Å²) in [6, 6.07) is 15.8. The second-order valence-corrected chi connectivity index (χ2v) is 8.35. The summed E-state index contributed by atoms with van der Waals surface area (Å²) in [5, 5.41) is 4.51. The Bertz CT molecular complexity index is 1210. The fraction of sp³-hybridized carbons (Fsp3) is 0.136. The summed E-state index contributed by atoms with van der Waals surface area (Å²) in [7, 11) is -1.59. The van der Waals surface area contributed by atoms with Crippen LogP contribution in [0.5, 0.6) is 0 Å². The lowest BCUT2D eigenvalue weighted by atomic mass is 10.1. The first kappa shape index (κ1) is 18.5. The second-order valence-electron chi connectivity index (χ2n) is 7.19. The van der Waals surface area contributed by atoms with Crippen LogP contribution in [0.15, 0.2) is 67.0 Å². The maximum atomic E-state index is 12.8. The maximum Gasteiger partial charge on any atom is 0.258 e. The smallest absolute Gasteiger partial charge is 0.258 e. The minimum Gasteiger partial charge on any atom is -0.312 e. The van der Waals surface area contributed by atoms with Crippen LogP contribution in [0.3, 0.4) is 0 Å². The maximum absolute atomic E-state index is 12.8. The summed E-state index contributed by atoms with van der Waals surface area (Å²) in [4.78, 5) is 26.0. The number of carbonyl (C=O) groups is 2. The highest BCUT2D eigenvalue weighted by molar-refractivity contribution is 7.93. The molecule has 8 heteroatoms. The van der Waals surface area contributed by atoms with Crippen LogP contribution in [0.4, 0.5) is 5.69 Å². The van der Waals surface area contributed by atoms with Crippen molar-refractivity contribution >= 4 is 33.5 Å². The number of nitrogens with zero attached hydrogens (tertiary/aromatic N) is 3. The van der Waals surface area contributed by atoms with Gasteiger partial charge < -0.3 is 4.90 Å². The first-order valence-electron chi connectivity index (χ1n) is 9.55. The Morgan fingerprint density at radius 3 is 2.67 bits per heavy atom. The largest absolute Gasteiger partial charge is 0.312 e. The van der Waals surface area contributed by atoms with Crippen LogP contribution in [0.2, 0.25) is 0 Å². The highest BCUT2D eigenvalue weighted by Crippen LogP contribution is 2.28. The highest BCUT2D eigenvalue weighted by Gasteiger charge is 2.24. The summed E-state index contributed by atoms with van der Waals surface area (Å²) < 4.78 is 15.6. The van der Waals surface area contributed by atoms with E-state index in [1.54, 1.807) is 12.4 Å². The summed E-state index contributed by atoms with van der Waals surface area (Å²) in [5.74, 6) is -0.302. The van der Waals surface area contributed by atoms with Crippen molar-refractivity contribution in [3.8, 4) is 11.1 Å². The van der Waals surface area contributed by atoms with Gasteiger partial charge in [-0.2, -0.15) is 5.10 Å². The molecule has 30 heavy (non-hydrogen) atoms. The molecule has 2 aliphatic rings. The molecular weight excluding hydrogens is 400 g/mol. The first-order valence-corrected chi connectivity index (χ1v) is 10.7. The van der Waals surface area contributed by atoms with Gasteiger partial charge in [0.1, 0.15) is 0 Å². The van der Waals surface area contributed by atoms with Gasteiger partial charge in [0.2, 0.25) is 5.91 Å². The molecule has 0 bridgehead atoms. The molecule has 0 fully saturated rings. The third-order valence-electron chi connectivity index (χ3n) is 5.28. The molecule has 5 rings (SSSR count). The molecule has 1 unspecified atom stereocenters. The Labute approximate surface area is 175 Å². The van der Waals surface area contributed by atoms with E-state index in [2.05, 4.69) is 15.9 Å². The number of aromatic nitrogens is 2. The number of para-hydroxylation sites is 1. The lowest BCUT2D eigenvalue weighted by molar-refractivity contribution is -0.118. The molecule has 3 heterocycles. The third-order valence-corrected chi connectivity index (χ3v) is 6.35. The van der Waals surface area contributed by atoms with E-state index in [-0.39, 0.29) is 5.91 Å². The van der Waals surface area contributed by atoms with Crippen molar-refractivity contribution in [2.45, 2.75) is 12.8 Å². The Morgan fingerprint density at radius 2 is 1.90 bits per heavy atom. The number of anilines is 1. The number of fused-ring (bicyclic) bond motifs is 1. The SMILES string of the molecule is O=C1C=C(n2cc(-c3ccc(CC(=O)N4CCc5ccccc54)cc3)cn2)S(=O)N1. The topological polar surface area (TPSA) is 84.3 Å². The zero-order valence-corrected chi connectivity index (χ0v) is 16.8. The number of nitrogens with one attached hydrogen (secondary N) is 1. The van der Waals surface area contributed by atoms with Gasteiger partial charge in [0.25, 0.3) is 5.91 Å². The number of hydrogen-bond acceptors (Lipinski definition) is 4. The summed E-state index contributed by atoms with van der Waals surface area (Å²) in [6.07, 6.45) is 5.90. The molecule has 2 aromatic carbocycles. The van der Waals surface area contributed by atoms with Crippen LogP contribution in [0.25, 0.3) is 16.2 Å². The van der Waals surface area contributed by atoms with Gasteiger partial charge in [-0.25, -0.2) is 8.89 Å². The van der Waals surface area contributed by atoms with Crippen LogP contribution in [-0.4, -0.2) is 32.3 Å². The van der Waals surface area contributed by atoms with E-state index in [4.69, 9.17) is 0 Å². The van der Waals surface area contributed by atoms with Gasteiger partial charge in [0.15, 0.2) is 16.0 Å². The van der Waals surface area contributed by atoms with Crippen molar-refractivity contribution in [2.75, 3.05) is 11.4 Å². The Kier molecular flexibility index (Phi) is 4.55. The minimum atomic E-state index is -1.59. The van der Waals surface area contributed by atoms with Gasteiger partial charge in [-0.1, -0.05) is 42.5 Å². The highest BCUT2D eigenvalue weighted by atomic mass is 32.2. The number of carbonyl (C=O) groups excluding carboxylic acids is 2. The fourth-order valence-corrected chi connectivity index (χ4v) is 4.59. The Hall–Kier alpha value is -3.52. The van der Waals surface area contributed by atoms with Crippen molar-refractivity contribution in [3.63, 3.8) is 0 Å².